The third-order valence-electron chi connectivity index (χ3n) is 4.10. The van der Waals surface area contributed by atoms with Gasteiger partial charge in [-0.2, -0.15) is 0 Å². The summed E-state index contributed by atoms with van der Waals surface area (Å²) in [5, 5.41) is 12.8. The van der Waals surface area contributed by atoms with E-state index in [-0.39, 0.29) is 18.1 Å². The summed E-state index contributed by atoms with van der Waals surface area (Å²) in [6, 6.07) is 12.2. The van der Waals surface area contributed by atoms with E-state index in [2.05, 4.69) is 9.89 Å². The topological polar surface area (TPSA) is 81.8 Å². The monoisotopic (exact) mass is 441 g/mol. The lowest BCUT2D eigenvalue weighted by atomic mass is 9.92. The Kier molecular flexibility index (Phi) is 6.51. The van der Waals surface area contributed by atoms with Crippen molar-refractivity contribution in [3.63, 3.8) is 0 Å². The number of benzene rings is 2. The van der Waals surface area contributed by atoms with E-state index < -0.39 is 24.0 Å². The molecule has 0 aliphatic carbocycles. The zero-order chi connectivity index (χ0) is 21.7. The molecule has 0 radical (unpaired) electrons. The average Bonchev–Trinajstić information content (AvgIpc) is 3.20. The molecular formula is C20H15ClF3NO5. The van der Waals surface area contributed by atoms with Crippen LogP contribution in [0.15, 0.2) is 59.3 Å². The summed E-state index contributed by atoms with van der Waals surface area (Å²) < 4.78 is 51.6. The molecule has 1 atom stereocenters. The molecule has 1 heterocycles. The third kappa shape index (κ3) is 5.90. The largest absolute Gasteiger partial charge is 0.573 e. The van der Waals surface area contributed by atoms with Crippen molar-refractivity contribution in [1.29, 1.82) is 0 Å². The number of nitrogens with zero attached hydrogens (tertiary/aromatic N) is 1. The van der Waals surface area contributed by atoms with E-state index in [4.69, 9.17) is 26.0 Å². The van der Waals surface area contributed by atoms with Crippen molar-refractivity contribution in [2.75, 3.05) is 0 Å². The molecule has 2 aromatic carbocycles. The van der Waals surface area contributed by atoms with Crippen molar-refractivity contribution < 1.29 is 37.1 Å². The Hall–Kier alpha value is -3.20. The maximum Gasteiger partial charge on any atom is 0.573 e. The zero-order valence-electron chi connectivity index (χ0n) is 15.2. The molecule has 0 amide bonds. The van der Waals surface area contributed by atoms with Crippen LogP contribution in [0.5, 0.6) is 11.5 Å². The number of carboxylic acids is 1. The first-order valence-electron chi connectivity index (χ1n) is 8.60. The van der Waals surface area contributed by atoms with Gasteiger partial charge in [0.1, 0.15) is 24.4 Å². The molecule has 6 nitrogen and oxygen atoms in total. The molecule has 0 spiro atoms. The molecule has 10 heteroatoms. The highest BCUT2D eigenvalue weighted by atomic mass is 35.5. The van der Waals surface area contributed by atoms with Gasteiger partial charge in [0, 0.05) is 12.0 Å². The molecule has 0 fully saturated rings. The number of halogens is 4. The predicted molar refractivity (Wildman–Crippen MR) is 99.5 cm³/mol. The first-order valence-corrected chi connectivity index (χ1v) is 8.98. The Morgan fingerprint density at radius 1 is 1.17 bits per heavy atom. The lowest BCUT2D eigenvalue weighted by molar-refractivity contribution is -0.274. The van der Waals surface area contributed by atoms with E-state index >= 15 is 0 Å². The van der Waals surface area contributed by atoms with Crippen LogP contribution in [0.3, 0.4) is 0 Å². The fourth-order valence-electron chi connectivity index (χ4n) is 2.77. The number of hydrogen-bond donors (Lipinski definition) is 1. The number of ether oxygens (including phenoxy) is 2. The molecule has 1 aromatic heterocycles. The van der Waals surface area contributed by atoms with Crippen molar-refractivity contribution >= 4 is 17.6 Å². The van der Waals surface area contributed by atoms with Gasteiger partial charge in [-0.3, -0.25) is 4.79 Å². The van der Waals surface area contributed by atoms with Crippen molar-refractivity contribution in [3.05, 3.63) is 76.6 Å². The van der Waals surface area contributed by atoms with Crippen LogP contribution in [0.2, 0.25) is 5.02 Å². The van der Waals surface area contributed by atoms with Crippen LogP contribution in [0.25, 0.3) is 0 Å². The number of hydrogen-bond acceptors (Lipinski definition) is 5. The molecule has 0 aliphatic heterocycles. The minimum Gasteiger partial charge on any atom is -0.489 e. The highest BCUT2D eigenvalue weighted by Gasteiger charge is 2.32. The standard InChI is InChI=1S/C20H15ClF3NO5/c21-16-6-1-12(9-18(16)30-20(22,23)24)11-28-14-4-2-13(3-5-14)15(10-19(26)27)17-7-8-29-25-17/h1-9,15H,10-11H2,(H,26,27)/t15-/m0/s1. The highest BCUT2D eigenvalue weighted by Crippen LogP contribution is 2.32. The van der Waals surface area contributed by atoms with E-state index in [0.717, 1.165) is 6.07 Å². The zero-order valence-corrected chi connectivity index (χ0v) is 16.0. The molecule has 30 heavy (non-hydrogen) atoms. The van der Waals surface area contributed by atoms with Gasteiger partial charge in [-0.05, 0) is 35.4 Å². The summed E-state index contributed by atoms with van der Waals surface area (Å²) in [5.74, 6) is -1.54. The van der Waals surface area contributed by atoms with Gasteiger partial charge in [-0.15, -0.1) is 13.2 Å². The highest BCUT2D eigenvalue weighted by molar-refractivity contribution is 6.32. The minimum absolute atomic E-state index is 0.0213. The van der Waals surface area contributed by atoms with Crippen molar-refractivity contribution in [2.45, 2.75) is 25.3 Å². The van der Waals surface area contributed by atoms with E-state index in [1.165, 1.54) is 18.4 Å². The number of rotatable bonds is 8. The lowest BCUT2D eigenvalue weighted by Crippen LogP contribution is -2.17. The SMILES string of the molecule is O=C(O)C[C@@H](c1ccc(OCc2ccc(Cl)c(OC(F)(F)F)c2)cc1)c1ccon1. The second-order valence-corrected chi connectivity index (χ2v) is 6.65. The Labute approximate surface area is 173 Å². The summed E-state index contributed by atoms with van der Waals surface area (Å²) in [5.41, 5.74) is 1.62. The van der Waals surface area contributed by atoms with Crippen LogP contribution < -0.4 is 9.47 Å². The molecule has 158 valence electrons. The molecule has 3 rings (SSSR count). The summed E-state index contributed by atoms with van der Waals surface area (Å²) in [6.07, 6.45) is -3.65. The fraction of sp³-hybridized carbons (Fsp3) is 0.200. The first kappa shape index (κ1) is 21.5. The Bertz CT molecular complexity index is 991. The Morgan fingerprint density at radius 3 is 2.50 bits per heavy atom. The smallest absolute Gasteiger partial charge is 0.489 e. The molecular weight excluding hydrogens is 427 g/mol. The van der Waals surface area contributed by atoms with Crippen LogP contribution in [-0.4, -0.2) is 22.6 Å². The van der Waals surface area contributed by atoms with E-state index in [0.29, 0.717) is 22.6 Å². The molecule has 0 saturated carbocycles. The van der Waals surface area contributed by atoms with E-state index in [9.17, 15) is 18.0 Å². The van der Waals surface area contributed by atoms with Crippen molar-refractivity contribution in [2.24, 2.45) is 0 Å². The fourth-order valence-corrected chi connectivity index (χ4v) is 2.93. The maximum absolute atomic E-state index is 12.4. The van der Waals surface area contributed by atoms with Crippen molar-refractivity contribution in [1.82, 2.24) is 5.16 Å². The van der Waals surface area contributed by atoms with Crippen LogP contribution in [0, 0.1) is 0 Å². The molecule has 0 aliphatic rings. The van der Waals surface area contributed by atoms with Gasteiger partial charge in [-0.25, -0.2) is 0 Å². The molecule has 0 bridgehead atoms. The van der Waals surface area contributed by atoms with Gasteiger partial charge >= 0.3 is 12.3 Å². The second-order valence-electron chi connectivity index (χ2n) is 6.25. The van der Waals surface area contributed by atoms with Gasteiger partial charge in [0.25, 0.3) is 0 Å². The van der Waals surface area contributed by atoms with Gasteiger partial charge in [0.05, 0.1) is 17.1 Å². The number of alkyl halides is 3. The quantitative estimate of drug-likeness (QED) is 0.503. The third-order valence-corrected chi connectivity index (χ3v) is 4.42. The Morgan fingerprint density at radius 2 is 1.90 bits per heavy atom. The summed E-state index contributed by atoms with van der Waals surface area (Å²) in [4.78, 5) is 11.2. The van der Waals surface area contributed by atoms with Gasteiger partial charge < -0.3 is 19.1 Å². The minimum atomic E-state index is -4.85. The number of carboxylic acid groups (broad SMARTS) is 1. The molecule has 1 N–H and O–H groups in total. The average molecular weight is 442 g/mol. The predicted octanol–water partition coefficient (Wildman–Crippen LogP) is 5.41. The van der Waals surface area contributed by atoms with Gasteiger partial charge in [0.15, 0.2) is 0 Å². The molecule has 0 saturated heterocycles. The van der Waals surface area contributed by atoms with Crippen molar-refractivity contribution in [3.8, 4) is 11.5 Å². The summed E-state index contributed by atoms with van der Waals surface area (Å²) in [7, 11) is 0. The van der Waals surface area contributed by atoms with Crippen LogP contribution >= 0.6 is 11.6 Å². The Balaban J connectivity index is 1.69. The van der Waals surface area contributed by atoms with Crippen LogP contribution in [-0.2, 0) is 11.4 Å². The van der Waals surface area contributed by atoms with Crippen LogP contribution in [0.4, 0.5) is 13.2 Å². The summed E-state index contributed by atoms with van der Waals surface area (Å²) in [6.45, 7) is -0.0213. The molecule has 0 unspecified atom stereocenters. The number of aromatic nitrogens is 1. The van der Waals surface area contributed by atoms with E-state index in [1.807, 2.05) is 0 Å². The lowest BCUT2D eigenvalue weighted by Gasteiger charge is -2.14. The maximum atomic E-state index is 12.4. The molecule has 3 aromatic rings. The number of carbonyl (C=O) groups is 1. The second kappa shape index (κ2) is 9.08. The normalized spacial score (nSPS) is 12.4. The van der Waals surface area contributed by atoms with Gasteiger partial charge in [-0.1, -0.05) is 35.0 Å². The summed E-state index contributed by atoms with van der Waals surface area (Å²) >= 11 is 5.73. The van der Waals surface area contributed by atoms with Crippen LogP contribution in [0.1, 0.15) is 29.2 Å². The number of aliphatic carboxylic acids is 1. The first-order chi connectivity index (χ1) is 14.2. The van der Waals surface area contributed by atoms with Gasteiger partial charge in [0.2, 0.25) is 0 Å². The van der Waals surface area contributed by atoms with E-state index in [1.54, 1.807) is 30.3 Å².